The van der Waals surface area contributed by atoms with Gasteiger partial charge in [0.15, 0.2) is 0 Å². The average molecular weight is 382 g/mol. The summed E-state index contributed by atoms with van der Waals surface area (Å²) in [5, 5.41) is 10.8. The van der Waals surface area contributed by atoms with Gasteiger partial charge in [0, 0.05) is 17.7 Å². The van der Waals surface area contributed by atoms with Crippen LogP contribution in [0.2, 0.25) is 0 Å². The first kappa shape index (κ1) is 17.9. The molecule has 2 atom stereocenters. The van der Waals surface area contributed by atoms with Gasteiger partial charge in [0.2, 0.25) is 5.76 Å². The minimum atomic E-state index is -0.440. The van der Waals surface area contributed by atoms with Crippen LogP contribution < -0.4 is 15.6 Å². The number of aromatic nitrogens is 3. The molecule has 1 aromatic carbocycles. The molecule has 9 heteroatoms. The Bertz CT molecular complexity index is 1030. The molecule has 28 heavy (non-hydrogen) atoms. The second-order valence-corrected chi connectivity index (χ2v) is 6.29. The standard InChI is InChI=1S/C19H18N4O5/c1-26-13-4-2-3-12(9-13)14-5-6-18(24)23(22-14)16-11-27-10-15(16)21-19(25)17-7-8-20-28-17/h2-9,15-16H,10-11H2,1H3,(H,21,25). The summed E-state index contributed by atoms with van der Waals surface area (Å²) in [6, 6.07) is 11.1. The van der Waals surface area contributed by atoms with Crippen molar-refractivity contribution in [2.24, 2.45) is 0 Å². The van der Waals surface area contributed by atoms with Crippen LogP contribution in [0.1, 0.15) is 16.6 Å². The van der Waals surface area contributed by atoms with E-state index >= 15 is 0 Å². The third kappa shape index (κ3) is 3.52. The fourth-order valence-corrected chi connectivity index (χ4v) is 3.09. The lowest BCUT2D eigenvalue weighted by Crippen LogP contribution is -2.44. The van der Waals surface area contributed by atoms with Crippen LogP contribution in [-0.4, -0.2) is 47.2 Å². The van der Waals surface area contributed by atoms with Crippen LogP contribution in [-0.2, 0) is 4.74 Å². The maximum atomic E-state index is 12.5. The molecule has 1 aliphatic heterocycles. The Hall–Kier alpha value is -3.46. The van der Waals surface area contributed by atoms with Gasteiger partial charge in [0.05, 0.1) is 38.3 Å². The van der Waals surface area contributed by atoms with E-state index in [9.17, 15) is 9.59 Å². The molecule has 3 heterocycles. The van der Waals surface area contributed by atoms with Crippen molar-refractivity contribution >= 4 is 5.91 Å². The minimum Gasteiger partial charge on any atom is -0.497 e. The van der Waals surface area contributed by atoms with E-state index in [1.807, 2.05) is 24.3 Å². The Labute approximate surface area is 159 Å². The number of carbonyl (C=O) groups is 1. The summed E-state index contributed by atoms with van der Waals surface area (Å²) in [5.41, 5.74) is 1.15. The molecule has 9 nitrogen and oxygen atoms in total. The summed E-state index contributed by atoms with van der Waals surface area (Å²) < 4.78 is 17.0. The third-order valence-electron chi connectivity index (χ3n) is 4.53. The van der Waals surface area contributed by atoms with Gasteiger partial charge < -0.3 is 19.3 Å². The second kappa shape index (κ2) is 7.65. The highest BCUT2D eigenvalue weighted by atomic mass is 16.5. The largest absolute Gasteiger partial charge is 0.497 e. The van der Waals surface area contributed by atoms with E-state index in [4.69, 9.17) is 14.0 Å². The van der Waals surface area contributed by atoms with Gasteiger partial charge in [0.25, 0.3) is 11.5 Å². The molecule has 2 unspecified atom stereocenters. The highest BCUT2D eigenvalue weighted by molar-refractivity contribution is 5.91. The Kier molecular flexibility index (Phi) is 4.90. The topological polar surface area (TPSA) is 108 Å². The van der Waals surface area contributed by atoms with E-state index in [-0.39, 0.29) is 24.5 Å². The Morgan fingerprint density at radius 3 is 2.93 bits per heavy atom. The number of hydrogen-bond acceptors (Lipinski definition) is 7. The quantitative estimate of drug-likeness (QED) is 0.708. The first-order chi connectivity index (χ1) is 13.7. The predicted octanol–water partition coefficient (Wildman–Crippen LogP) is 1.28. The lowest BCUT2D eigenvalue weighted by molar-refractivity contribution is 0.0887. The van der Waals surface area contributed by atoms with E-state index in [2.05, 4.69) is 15.6 Å². The molecule has 0 aliphatic carbocycles. The SMILES string of the molecule is COc1cccc(-c2ccc(=O)n(C3COCC3NC(=O)c3ccno3)n2)c1. The number of rotatable bonds is 5. The normalized spacial score (nSPS) is 18.8. The highest BCUT2D eigenvalue weighted by Gasteiger charge is 2.33. The van der Waals surface area contributed by atoms with E-state index in [0.717, 1.165) is 5.56 Å². The van der Waals surface area contributed by atoms with Crippen LogP contribution in [0, 0.1) is 0 Å². The van der Waals surface area contributed by atoms with Crippen LogP contribution in [0.3, 0.4) is 0 Å². The van der Waals surface area contributed by atoms with Gasteiger partial charge in [-0.05, 0) is 18.2 Å². The maximum Gasteiger partial charge on any atom is 0.290 e. The monoisotopic (exact) mass is 382 g/mol. The molecule has 1 amide bonds. The second-order valence-electron chi connectivity index (χ2n) is 6.29. The smallest absolute Gasteiger partial charge is 0.290 e. The number of amides is 1. The molecule has 0 radical (unpaired) electrons. The van der Waals surface area contributed by atoms with E-state index in [1.54, 1.807) is 13.2 Å². The lowest BCUT2D eigenvalue weighted by Gasteiger charge is -2.20. The van der Waals surface area contributed by atoms with Crippen molar-refractivity contribution in [3.8, 4) is 17.0 Å². The number of nitrogens with one attached hydrogen (secondary N) is 1. The van der Waals surface area contributed by atoms with Crippen molar-refractivity contribution in [2.45, 2.75) is 12.1 Å². The van der Waals surface area contributed by atoms with Crippen LogP contribution in [0.4, 0.5) is 0 Å². The summed E-state index contributed by atoms with van der Waals surface area (Å²) in [4.78, 5) is 24.7. The van der Waals surface area contributed by atoms with Crippen molar-refractivity contribution in [3.05, 3.63) is 64.8 Å². The molecule has 0 bridgehead atoms. The number of ether oxygens (including phenoxy) is 2. The number of benzene rings is 1. The number of methoxy groups -OCH3 is 1. The Morgan fingerprint density at radius 2 is 2.14 bits per heavy atom. The number of hydrogen-bond donors (Lipinski definition) is 1. The van der Waals surface area contributed by atoms with Crippen molar-refractivity contribution in [1.82, 2.24) is 20.3 Å². The Balaban J connectivity index is 1.62. The predicted molar refractivity (Wildman–Crippen MR) is 98.1 cm³/mol. The van der Waals surface area contributed by atoms with E-state index in [0.29, 0.717) is 11.4 Å². The first-order valence-electron chi connectivity index (χ1n) is 8.69. The van der Waals surface area contributed by atoms with Gasteiger partial charge in [-0.1, -0.05) is 17.3 Å². The first-order valence-corrected chi connectivity index (χ1v) is 8.69. The average Bonchev–Trinajstić information content (AvgIpc) is 3.40. The maximum absolute atomic E-state index is 12.5. The summed E-state index contributed by atoms with van der Waals surface area (Å²) in [5.74, 6) is 0.365. The van der Waals surface area contributed by atoms with Gasteiger partial charge >= 0.3 is 0 Å². The molecule has 1 aliphatic rings. The molecule has 144 valence electrons. The van der Waals surface area contributed by atoms with Crippen LogP contribution in [0.15, 0.2) is 58.0 Å². The van der Waals surface area contributed by atoms with Crippen molar-refractivity contribution in [2.75, 3.05) is 20.3 Å². The van der Waals surface area contributed by atoms with Crippen LogP contribution >= 0.6 is 0 Å². The van der Waals surface area contributed by atoms with E-state index < -0.39 is 18.0 Å². The number of nitrogens with zero attached hydrogens (tertiary/aromatic N) is 3. The fraction of sp³-hybridized carbons (Fsp3) is 0.263. The van der Waals surface area contributed by atoms with Gasteiger partial charge in [-0.2, -0.15) is 5.10 Å². The summed E-state index contributed by atoms with van der Waals surface area (Å²) in [6.07, 6.45) is 1.39. The summed E-state index contributed by atoms with van der Waals surface area (Å²) in [6.45, 7) is 0.526. The summed E-state index contributed by atoms with van der Waals surface area (Å²) >= 11 is 0. The molecule has 2 aromatic heterocycles. The van der Waals surface area contributed by atoms with Gasteiger partial charge in [-0.15, -0.1) is 0 Å². The molecule has 0 spiro atoms. The molecule has 1 N–H and O–H groups in total. The molecule has 0 saturated carbocycles. The van der Waals surface area contributed by atoms with Crippen molar-refractivity contribution in [3.63, 3.8) is 0 Å². The van der Waals surface area contributed by atoms with E-state index in [1.165, 1.54) is 23.0 Å². The summed E-state index contributed by atoms with van der Waals surface area (Å²) in [7, 11) is 1.59. The van der Waals surface area contributed by atoms with Gasteiger partial charge in [0.1, 0.15) is 11.8 Å². The number of carbonyl (C=O) groups excluding carboxylic acids is 1. The molecule has 4 rings (SSSR count). The molecule has 1 saturated heterocycles. The zero-order chi connectivity index (χ0) is 19.5. The van der Waals surface area contributed by atoms with Crippen LogP contribution in [0.5, 0.6) is 5.75 Å². The van der Waals surface area contributed by atoms with Crippen molar-refractivity contribution < 1.29 is 18.8 Å². The van der Waals surface area contributed by atoms with Gasteiger partial charge in [-0.3, -0.25) is 9.59 Å². The zero-order valence-electron chi connectivity index (χ0n) is 15.1. The highest BCUT2D eigenvalue weighted by Crippen LogP contribution is 2.23. The Morgan fingerprint density at radius 1 is 1.25 bits per heavy atom. The zero-order valence-corrected chi connectivity index (χ0v) is 15.1. The van der Waals surface area contributed by atoms with Crippen LogP contribution in [0.25, 0.3) is 11.3 Å². The molecular formula is C19H18N4O5. The third-order valence-corrected chi connectivity index (χ3v) is 4.53. The fourth-order valence-electron chi connectivity index (χ4n) is 3.09. The van der Waals surface area contributed by atoms with Gasteiger partial charge in [-0.25, -0.2) is 4.68 Å². The van der Waals surface area contributed by atoms with Crippen molar-refractivity contribution in [1.29, 1.82) is 0 Å². The molecular weight excluding hydrogens is 364 g/mol. The minimum absolute atomic E-state index is 0.0936. The molecule has 3 aromatic rings. The lowest BCUT2D eigenvalue weighted by atomic mass is 10.1. The molecule has 1 fully saturated rings.